The summed E-state index contributed by atoms with van der Waals surface area (Å²) in [5, 5.41) is 11.3. The lowest BCUT2D eigenvalue weighted by atomic mass is 10.3. The van der Waals surface area contributed by atoms with Crippen molar-refractivity contribution in [1.82, 2.24) is 10.2 Å². The lowest BCUT2D eigenvalue weighted by molar-refractivity contribution is -0.141. The van der Waals surface area contributed by atoms with Crippen LogP contribution in [-0.4, -0.2) is 40.6 Å². The van der Waals surface area contributed by atoms with E-state index in [1.807, 2.05) is 6.92 Å². The topological polar surface area (TPSA) is 69.6 Å². The zero-order chi connectivity index (χ0) is 9.30. The second-order valence-electron chi connectivity index (χ2n) is 3.02. The first-order valence-corrected chi connectivity index (χ1v) is 3.82. The summed E-state index contributed by atoms with van der Waals surface area (Å²) >= 11 is 0. The van der Waals surface area contributed by atoms with Gasteiger partial charge < -0.3 is 15.3 Å². The number of aliphatic carboxylic acids is 1. The van der Waals surface area contributed by atoms with E-state index in [9.17, 15) is 9.59 Å². The van der Waals surface area contributed by atoms with Crippen LogP contribution in [0.4, 0.5) is 4.79 Å². The lowest BCUT2D eigenvalue weighted by Gasteiger charge is -2.18. The van der Waals surface area contributed by atoms with Gasteiger partial charge in [-0.25, -0.2) is 9.59 Å². The van der Waals surface area contributed by atoms with Crippen molar-refractivity contribution >= 4 is 12.0 Å². The van der Waals surface area contributed by atoms with E-state index in [1.165, 1.54) is 11.8 Å². The Hall–Kier alpha value is -1.26. The summed E-state index contributed by atoms with van der Waals surface area (Å²) in [4.78, 5) is 22.9. The van der Waals surface area contributed by atoms with Crippen LogP contribution in [0, 0.1) is 0 Å². The molecule has 5 nitrogen and oxygen atoms in total. The summed E-state index contributed by atoms with van der Waals surface area (Å²) in [6.45, 7) is 3.80. The molecule has 2 amide bonds. The van der Waals surface area contributed by atoms with Crippen LogP contribution in [0.15, 0.2) is 0 Å². The van der Waals surface area contributed by atoms with Crippen molar-refractivity contribution in [2.75, 3.05) is 6.54 Å². The number of carboxylic acids is 1. The largest absolute Gasteiger partial charge is 0.480 e. The van der Waals surface area contributed by atoms with Crippen molar-refractivity contribution in [3.63, 3.8) is 0 Å². The monoisotopic (exact) mass is 172 g/mol. The second-order valence-corrected chi connectivity index (χ2v) is 3.02. The Morgan fingerprint density at radius 1 is 1.83 bits per heavy atom. The molecule has 0 aliphatic carbocycles. The van der Waals surface area contributed by atoms with Gasteiger partial charge in [0.25, 0.3) is 0 Å². The van der Waals surface area contributed by atoms with Gasteiger partial charge in [0.2, 0.25) is 0 Å². The fraction of sp³-hybridized carbons (Fsp3) is 0.714. The van der Waals surface area contributed by atoms with E-state index < -0.39 is 12.0 Å². The molecule has 1 aliphatic rings. The molecular formula is C7H12N2O3. The number of carboxylic acid groups (broad SMARTS) is 1. The highest BCUT2D eigenvalue weighted by Gasteiger charge is 2.32. The fourth-order valence-corrected chi connectivity index (χ4v) is 1.18. The van der Waals surface area contributed by atoms with Crippen molar-refractivity contribution < 1.29 is 14.7 Å². The molecule has 5 heteroatoms. The van der Waals surface area contributed by atoms with Crippen LogP contribution in [-0.2, 0) is 4.79 Å². The minimum atomic E-state index is -0.973. The van der Waals surface area contributed by atoms with Gasteiger partial charge in [-0.2, -0.15) is 0 Å². The summed E-state index contributed by atoms with van der Waals surface area (Å²) in [6.07, 6.45) is 0. The zero-order valence-electron chi connectivity index (χ0n) is 7.07. The second kappa shape index (κ2) is 3.00. The molecule has 0 aromatic rings. The molecule has 2 N–H and O–H groups in total. The summed E-state index contributed by atoms with van der Waals surface area (Å²) < 4.78 is 0. The minimum Gasteiger partial charge on any atom is -0.480 e. The Labute approximate surface area is 70.4 Å². The molecule has 0 aromatic carbocycles. The standard InChI is InChI=1S/C7H12N2O3/c1-4-3-9(7(12)8-4)5(2)6(10)11/h4-5H,3H2,1-2H3,(H,8,12)(H,10,11). The van der Waals surface area contributed by atoms with E-state index >= 15 is 0 Å². The maximum Gasteiger partial charge on any atom is 0.326 e. The number of carbonyl (C=O) groups excluding carboxylic acids is 1. The maximum atomic E-state index is 11.1. The van der Waals surface area contributed by atoms with Gasteiger partial charge in [-0.15, -0.1) is 0 Å². The molecule has 0 spiro atoms. The van der Waals surface area contributed by atoms with Gasteiger partial charge in [-0.1, -0.05) is 0 Å². The van der Waals surface area contributed by atoms with E-state index in [-0.39, 0.29) is 12.1 Å². The van der Waals surface area contributed by atoms with Crippen LogP contribution in [0.1, 0.15) is 13.8 Å². The average molecular weight is 172 g/mol. The smallest absolute Gasteiger partial charge is 0.326 e. The maximum absolute atomic E-state index is 11.1. The van der Waals surface area contributed by atoms with Crippen LogP contribution in [0.3, 0.4) is 0 Å². The Bertz CT molecular complexity index is 217. The van der Waals surface area contributed by atoms with Crippen molar-refractivity contribution in [2.45, 2.75) is 25.9 Å². The molecule has 1 saturated heterocycles. The molecule has 0 bridgehead atoms. The SMILES string of the molecule is CC1CN(C(C)C(=O)O)C(=O)N1. The van der Waals surface area contributed by atoms with Crippen molar-refractivity contribution in [1.29, 1.82) is 0 Å². The number of amides is 2. The number of urea groups is 1. The van der Waals surface area contributed by atoms with Crippen LogP contribution in [0.25, 0.3) is 0 Å². The predicted octanol–water partition coefficient (Wildman–Crippen LogP) is -0.127. The van der Waals surface area contributed by atoms with Crippen LogP contribution in [0.2, 0.25) is 0 Å². The van der Waals surface area contributed by atoms with E-state index in [1.54, 1.807) is 0 Å². The molecule has 0 aromatic heterocycles. The van der Waals surface area contributed by atoms with Gasteiger partial charge in [0.05, 0.1) is 0 Å². The number of carbonyl (C=O) groups is 2. The third-order valence-corrected chi connectivity index (χ3v) is 1.93. The highest BCUT2D eigenvalue weighted by molar-refractivity contribution is 5.83. The molecule has 2 unspecified atom stereocenters. The van der Waals surface area contributed by atoms with Crippen LogP contribution < -0.4 is 5.32 Å². The molecule has 12 heavy (non-hydrogen) atoms. The average Bonchev–Trinajstić information content (AvgIpc) is 2.28. The van der Waals surface area contributed by atoms with Gasteiger partial charge >= 0.3 is 12.0 Å². The minimum absolute atomic E-state index is 0.0410. The lowest BCUT2D eigenvalue weighted by Crippen LogP contribution is -2.40. The van der Waals surface area contributed by atoms with Crippen LogP contribution in [0.5, 0.6) is 0 Å². The highest BCUT2D eigenvalue weighted by atomic mass is 16.4. The Balaban J connectivity index is 2.64. The molecule has 68 valence electrons. The summed E-state index contributed by atoms with van der Waals surface area (Å²) in [5.41, 5.74) is 0. The third kappa shape index (κ3) is 1.49. The molecule has 0 radical (unpaired) electrons. The van der Waals surface area contributed by atoms with Crippen molar-refractivity contribution in [3.8, 4) is 0 Å². The van der Waals surface area contributed by atoms with E-state index in [0.717, 1.165) is 0 Å². The summed E-state index contributed by atoms with van der Waals surface area (Å²) in [7, 11) is 0. The number of nitrogens with one attached hydrogen (secondary N) is 1. The number of hydrogen-bond acceptors (Lipinski definition) is 2. The van der Waals surface area contributed by atoms with E-state index in [0.29, 0.717) is 6.54 Å². The molecule has 1 aliphatic heterocycles. The number of nitrogens with zero attached hydrogens (tertiary/aromatic N) is 1. The van der Waals surface area contributed by atoms with Gasteiger partial charge in [0.15, 0.2) is 0 Å². The Morgan fingerprint density at radius 3 is 2.75 bits per heavy atom. The summed E-state index contributed by atoms with van der Waals surface area (Å²) in [6, 6.07) is -0.994. The first kappa shape index (κ1) is 8.83. The van der Waals surface area contributed by atoms with Gasteiger partial charge in [-0.3, -0.25) is 0 Å². The predicted molar refractivity (Wildman–Crippen MR) is 41.8 cm³/mol. The Morgan fingerprint density at radius 2 is 2.42 bits per heavy atom. The zero-order valence-corrected chi connectivity index (χ0v) is 7.07. The number of hydrogen-bond donors (Lipinski definition) is 2. The molecular weight excluding hydrogens is 160 g/mol. The van der Waals surface area contributed by atoms with Gasteiger partial charge in [0.1, 0.15) is 6.04 Å². The van der Waals surface area contributed by atoms with Gasteiger partial charge in [-0.05, 0) is 13.8 Å². The van der Waals surface area contributed by atoms with E-state index in [4.69, 9.17) is 5.11 Å². The van der Waals surface area contributed by atoms with Gasteiger partial charge in [0, 0.05) is 12.6 Å². The van der Waals surface area contributed by atoms with Crippen molar-refractivity contribution in [3.05, 3.63) is 0 Å². The fourth-order valence-electron chi connectivity index (χ4n) is 1.18. The third-order valence-electron chi connectivity index (χ3n) is 1.93. The normalized spacial score (nSPS) is 25.3. The number of rotatable bonds is 2. The summed E-state index contributed by atoms with van der Waals surface area (Å²) in [5.74, 6) is -0.973. The molecule has 1 rings (SSSR count). The van der Waals surface area contributed by atoms with E-state index in [2.05, 4.69) is 5.32 Å². The highest BCUT2D eigenvalue weighted by Crippen LogP contribution is 2.08. The molecule has 2 atom stereocenters. The van der Waals surface area contributed by atoms with Crippen LogP contribution >= 0.6 is 0 Å². The first-order chi connectivity index (χ1) is 5.52. The first-order valence-electron chi connectivity index (χ1n) is 3.82. The molecule has 1 fully saturated rings. The molecule has 0 saturated carbocycles. The Kier molecular flexibility index (Phi) is 2.21. The molecule has 1 heterocycles. The quantitative estimate of drug-likeness (QED) is 0.609. The van der Waals surface area contributed by atoms with Crippen molar-refractivity contribution in [2.24, 2.45) is 0 Å².